The van der Waals surface area contributed by atoms with Crippen LogP contribution in [0.25, 0.3) is 0 Å². The Morgan fingerprint density at radius 2 is 1.03 bits per heavy atom. The number of ketones is 2. The van der Waals surface area contributed by atoms with E-state index in [1.165, 1.54) is 12.1 Å². The largest absolute Gasteiger partial charge is 0.507 e. The molecule has 0 saturated carbocycles. The molecular formula is C22H30Cl2N4O6. The molecule has 188 valence electrons. The van der Waals surface area contributed by atoms with Gasteiger partial charge in [0.2, 0.25) is 11.6 Å². The molecule has 34 heavy (non-hydrogen) atoms. The number of anilines is 2. The molecule has 0 fully saturated rings. The van der Waals surface area contributed by atoms with E-state index < -0.39 is 23.1 Å². The number of hydrogen-bond acceptors (Lipinski definition) is 10. The van der Waals surface area contributed by atoms with E-state index in [2.05, 4.69) is 10.6 Å². The molecule has 0 bridgehead atoms. The van der Waals surface area contributed by atoms with Crippen LogP contribution in [-0.2, 0) is 0 Å². The summed E-state index contributed by atoms with van der Waals surface area (Å²) < 4.78 is 0. The van der Waals surface area contributed by atoms with Gasteiger partial charge in [0.15, 0.2) is 0 Å². The maximum Gasteiger partial charge on any atom is 0.200 e. The van der Waals surface area contributed by atoms with E-state index in [1.54, 1.807) is 26.0 Å². The van der Waals surface area contributed by atoms with Crippen molar-refractivity contribution in [2.75, 3.05) is 49.9 Å². The van der Waals surface area contributed by atoms with E-state index in [-0.39, 0.29) is 47.1 Å². The lowest BCUT2D eigenvalue weighted by atomic mass is 9.81. The van der Waals surface area contributed by atoms with Crippen molar-refractivity contribution in [2.45, 2.75) is 13.8 Å². The van der Waals surface area contributed by atoms with Crippen molar-refractivity contribution in [1.29, 1.82) is 0 Å². The number of aromatic hydroxyl groups is 2. The maximum absolute atomic E-state index is 13.4. The molecule has 3 rings (SSSR count). The van der Waals surface area contributed by atoms with Gasteiger partial charge in [-0.25, -0.2) is 0 Å². The number of halogens is 2. The molecule has 12 heteroatoms. The van der Waals surface area contributed by atoms with Crippen LogP contribution in [0.15, 0.2) is 24.3 Å². The van der Waals surface area contributed by atoms with Gasteiger partial charge >= 0.3 is 0 Å². The van der Waals surface area contributed by atoms with Gasteiger partial charge in [0.05, 0.1) is 22.3 Å². The Labute approximate surface area is 209 Å². The molecule has 1 aliphatic carbocycles. The highest BCUT2D eigenvalue weighted by atomic mass is 35.5. The SMILES string of the molecule is CCN(O)CCNc1ccc(NCCN(O)CC)c2c1C(=O)c1c(O)ccc(O)c1C2=O.Cl.Cl. The first kappa shape index (κ1) is 29.4. The van der Waals surface area contributed by atoms with Crippen molar-refractivity contribution in [3.05, 3.63) is 46.5 Å². The molecule has 0 aromatic heterocycles. The highest BCUT2D eigenvalue weighted by Crippen LogP contribution is 2.42. The fourth-order valence-electron chi connectivity index (χ4n) is 3.61. The standard InChI is InChI=1S/C22H28N4O6.2ClH/c1-3-25(31)11-9-23-13-5-6-14(24-10-12-26(32)4-2)18-17(13)21(29)19-15(27)7-8-16(28)20(19)22(18)30;;/h5-8,23-24,27-28,31-32H,3-4,9-12H2,1-2H3;2*1H. The molecule has 0 radical (unpaired) electrons. The number of hydrogen-bond donors (Lipinski definition) is 6. The zero-order chi connectivity index (χ0) is 23.4. The van der Waals surface area contributed by atoms with Crippen molar-refractivity contribution >= 4 is 47.8 Å². The predicted molar refractivity (Wildman–Crippen MR) is 133 cm³/mol. The number of phenols is 2. The summed E-state index contributed by atoms with van der Waals surface area (Å²) in [6.45, 7) is 5.64. The van der Waals surface area contributed by atoms with Gasteiger partial charge in [-0.2, -0.15) is 10.1 Å². The third-order valence-electron chi connectivity index (χ3n) is 5.38. The third-order valence-corrected chi connectivity index (χ3v) is 5.38. The summed E-state index contributed by atoms with van der Waals surface area (Å²) in [6.07, 6.45) is 0. The number of likely N-dealkylation sites (N-methyl/N-ethyl adjacent to an activating group) is 2. The average Bonchev–Trinajstić information content (AvgIpc) is 2.78. The first-order chi connectivity index (χ1) is 15.3. The fourth-order valence-corrected chi connectivity index (χ4v) is 3.61. The third kappa shape index (κ3) is 5.90. The molecule has 0 unspecified atom stereocenters. The minimum absolute atomic E-state index is 0. The number of nitrogens with one attached hydrogen (secondary N) is 2. The van der Waals surface area contributed by atoms with E-state index in [0.717, 1.165) is 10.1 Å². The number of phenolic OH excluding ortho intramolecular Hbond substituents is 2. The van der Waals surface area contributed by atoms with Gasteiger partial charge in [0.1, 0.15) is 11.5 Å². The lowest BCUT2D eigenvalue weighted by Gasteiger charge is -2.25. The van der Waals surface area contributed by atoms with Gasteiger partial charge in [-0.1, -0.05) is 13.8 Å². The van der Waals surface area contributed by atoms with Crippen LogP contribution in [-0.4, -0.2) is 81.6 Å². The second-order valence-electron chi connectivity index (χ2n) is 7.37. The molecule has 0 spiro atoms. The van der Waals surface area contributed by atoms with Crippen molar-refractivity contribution < 1.29 is 30.2 Å². The van der Waals surface area contributed by atoms with E-state index in [9.17, 15) is 30.2 Å². The van der Waals surface area contributed by atoms with Crippen LogP contribution in [0.2, 0.25) is 0 Å². The van der Waals surface area contributed by atoms with E-state index in [4.69, 9.17) is 0 Å². The summed E-state index contributed by atoms with van der Waals surface area (Å²) in [4.78, 5) is 26.8. The minimum Gasteiger partial charge on any atom is -0.507 e. The van der Waals surface area contributed by atoms with Gasteiger partial charge < -0.3 is 31.3 Å². The van der Waals surface area contributed by atoms with E-state index >= 15 is 0 Å². The lowest BCUT2D eigenvalue weighted by Crippen LogP contribution is -2.29. The molecule has 6 N–H and O–H groups in total. The van der Waals surface area contributed by atoms with Crippen LogP contribution >= 0.6 is 24.8 Å². The quantitative estimate of drug-likeness (QED) is 0.175. The van der Waals surface area contributed by atoms with Crippen LogP contribution in [0.4, 0.5) is 11.4 Å². The molecule has 1 aliphatic rings. The Morgan fingerprint density at radius 3 is 1.35 bits per heavy atom. The second kappa shape index (κ2) is 12.7. The number of benzene rings is 2. The van der Waals surface area contributed by atoms with Crippen molar-refractivity contribution in [3.63, 3.8) is 0 Å². The number of fused-ring (bicyclic) bond motifs is 2. The number of carbonyl (C=O) groups excluding carboxylic acids is 2. The molecule has 0 atom stereocenters. The monoisotopic (exact) mass is 516 g/mol. The predicted octanol–water partition coefficient (Wildman–Crippen LogP) is 2.96. The Kier molecular flexibility index (Phi) is 11.0. The van der Waals surface area contributed by atoms with Gasteiger partial charge in [-0.05, 0) is 24.3 Å². The van der Waals surface area contributed by atoms with Crippen LogP contribution in [0.3, 0.4) is 0 Å². The summed E-state index contributed by atoms with van der Waals surface area (Å²) in [5, 5.41) is 48.2. The normalized spacial score (nSPS) is 12.1. The summed E-state index contributed by atoms with van der Waals surface area (Å²) in [7, 11) is 0. The second-order valence-corrected chi connectivity index (χ2v) is 7.37. The Balaban J connectivity index is 0.00000289. The molecule has 10 nitrogen and oxygen atoms in total. The number of carbonyl (C=O) groups is 2. The highest BCUT2D eigenvalue weighted by Gasteiger charge is 2.37. The summed E-state index contributed by atoms with van der Waals surface area (Å²) in [5.41, 5.74) is 0.412. The first-order valence-corrected chi connectivity index (χ1v) is 10.5. The van der Waals surface area contributed by atoms with Crippen molar-refractivity contribution in [1.82, 2.24) is 10.1 Å². The minimum atomic E-state index is -0.595. The van der Waals surface area contributed by atoms with Crippen LogP contribution in [0.1, 0.15) is 45.7 Å². The maximum atomic E-state index is 13.4. The molecule has 0 amide bonds. The van der Waals surface area contributed by atoms with E-state index in [1.807, 2.05) is 0 Å². The van der Waals surface area contributed by atoms with Crippen LogP contribution in [0, 0.1) is 0 Å². The molecule has 0 aliphatic heterocycles. The Hall–Kier alpha value is -2.60. The molecular weight excluding hydrogens is 487 g/mol. The van der Waals surface area contributed by atoms with Crippen LogP contribution in [0.5, 0.6) is 11.5 Å². The van der Waals surface area contributed by atoms with Gasteiger partial charge in [0.25, 0.3) is 0 Å². The van der Waals surface area contributed by atoms with Gasteiger partial charge in [-0.3, -0.25) is 9.59 Å². The number of nitrogens with zero attached hydrogens (tertiary/aromatic N) is 2. The number of rotatable bonds is 10. The Morgan fingerprint density at radius 1 is 0.676 bits per heavy atom. The molecule has 2 aromatic rings. The molecule has 2 aromatic carbocycles. The van der Waals surface area contributed by atoms with E-state index in [0.29, 0.717) is 50.6 Å². The smallest absolute Gasteiger partial charge is 0.200 e. The fraction of sp³-hybridized carbons (Fsp3) is 0.364. The molecule has 0 saturated heterocycles. The highest BCUT2D eigenvalue weighted by molar-refractivity contribution is 6.33. The molecule has 0 heterocycles. The summed E-state index contributed by atoms with van der Waals surface area (Å²) >= 11 is 0. The van der Waals surface area contributed by atoms with Gasteiger partial charge in [-0.15, -0.1) is 24.8 Å². The Bertz CT molecular complexity index is 957. The lowest BCUT2D eigenvalue weighted by molar-refractivity contribution is -0.0825. The number of hydroxylamine groups is 4. The van der Waals surface area contributed by atoms with Crippen molar-refractivity contribution in [2.24, 2.45) is 0 Å². The average molecular weight is 517 g/mol. The summed E-state index contributed by atoms with van der Waals surface area (Å²) in [5.74, 6) is -1.97. The zero-order valence-corrected chi connectivity index (χ0v) is 20.5. The first-order valence-electron chi connectivity index (χ1n) is 10.5. The summed E-state index contributed by atoms with van der Waals surface area (Å²) in [6, 6.07) is 5.62. The van der Waals surface area contributed by atoms with Crippen LogP contribution < -0.4 is 10.6 Å². The zero-order valence-electron chi connectivity index (χ0n) is 18.9. The van der Waals surface area contributed by atoms with Gasteiger partial charge in [0, 0.05) is 50.6 Å². The van der Waals surface area contributed by atoms with Crippen molar-refractivity contribution in [3.8, 4) is 11.5 Å². The topological polar surface area (TPSA) is 146 Å².